The Hall–Kier alpha value is -0.620. The van der Waals surface area contributed by atoms with Gasteiger partial charge in [0.05, 0.1) is 6.26 Å². The van der Waals surface area contributed by atoms with Crippen molar-refractivity contribution in [2.75, 3.05) is 32.4 Å². The number of carbonyl (C=O) groups excluding carboxylic acids is 1. The lowest BCUT2D eigenvalue weighted by molar-refractivity contribution is -0.135. The maximum atomic E-state index is 12.3. The molecule has 6 heteroatoms. The van der Waals surface area contributed by atoms with E-state index in [-0.39, 0.29) is 11.8 Å². The van der Waals surface area contributed by atoms with E-state index < -0.39 is 10.0 Å². The molecule has 1 saturated carbocycles. The van der Waals surface area contributed by atoms with Crippen molar-refractivity contribution in [3.8, 4) is 0 Å². The Morgan fingerprint density at radius 2 is 1.67 bits per heavy atom. The lowest BCUT2D eigenvalue weighted by Gasteiger charge is -2.24. The average molecular weight is 274 g/mol. The third-order valence-corrected chi connectivity index (χ3v) is 5.24. The summed E-state index contributed by atoms with van der Waals surface area (Å²) in [6, 6.07) is 0. The van der Waals surface area contributed by atoms with Crippen LogP contribution < -0.4 is 0 Å². The number of amides is 1. The highest BCUT2D eigenvalue weighted by Gasteiger charge is 2.29. The summed E-state index contributed by atoms with van der Waals surface area (Å²) < 4.78 is 24.5. The zero-order valence-electron chi connectivity index (χ0n) is 11.0. The first-order valence-corrected chi connectivity index (χ1v) is 8.57. The van der Waals surface area contributed by atoms with Gasteiger partial charge in [-0.15, -0.1) is 0 Å². The van der Waals surface area contributed by atoms with Crippen molar-refractivity contribution in [3.63, 3.8) is 0 Å². The van der Waals surface area contributed by atoms with Crippen LogP contribution in [0, 0.1) is 5.92 Å². The molecule has 0 bridgehead atoms. The molecule has 2 aliphatic rings. The van der Waals surface area contributed by atoms with Gasteiger partial charge in [-0.25, -0.2) is 12.7 Å². The highest BCUT2D eigenvalue weighted by molar-refractivity contribution is 7.88. The Bertz CT molecular complexity index is 402. The van der Waals surface area contributed by atoms with Gasteiger partial charge in [-0.05, 0) is 19.3 Å². The fourth-order valence-corrected chi connectivity index (χ4v) is 3.75. The number of hydrogen-bond donors (Lipinski definition) is 0. The predicted octanol–water partition coefficient (Wildman–Crippen LogP) is 0.670. The molecule has 1 aliphatic carbocycles. The van der Waals surface area contributed by atoms with Crippen LogP contribution in [0.3, 0.4) is 0 Å². The summed E-state index contributed by atoms with van der Waals surface area (Å²) in [6.45, 7) is 2.22. The normalized spacial score (nSPS) is 24.2. The number of hydrogen-bond acceptors (Lipinski definition) is 3. The monoisotopic (exact) mass is 274 g/mol. The third-order valence-electron chi connectivity index (χ3n) is 3.94. The zero-order chi connectivity index (χ0) is 13.2. The zero-order valence-corrected chi connectivity index (χ0v) is 11.8. The van der Waals surface area contributed by atoms with Crippen molar-refractivity contribution in [2.45, 2.75) is 32.1 Å². The van der Waals surface area contributed by atoms with Crippen molar-refractivity contribution >= 4 is 15.9 Å². The molecular weight excluding hydrogens is 252 g/mol. The van der Waals surface area contributed by atoms with Crippen LogP contribution in [0.25, 0.3) is 0 Å². The summed E-state index contributed by atoms with van der Waals surface area (Å²) in [5, 5.41) is 0. The van der Waals surface area contributed by atoms with Crippen LogP contribution in [0.4, 0.5) is 0 Å². The second-order valence-corrected chi connectivity index (χ2v) is 7.30. The second kappa shape index (κ2) is 5.57. The van der Waals surface area contributed by atoms with Gasteiger partial charge in [-0.3, -0.25) is 4.79 Å². The quantitative estimate of drug-likeness (QED) is 0.743. The maximum absolute atomic E-state index is 12.3. The maximum Gasteiger partial charge on any atom is 0.225 e. The Morgan fingerprint density at radius 1 is 1.00 bits per heavy atom. The molecule has 1 amide bonds. The van der Waals surface area contributed by atoms with E-state index in [1.807, 2.05) is 4.90 Å². The van der Waals surface area contributed by atoms with E-state index in [0.29, 0.717) is 26.2 Å². The standard InChI is InChI=1S/C12H22N2O3S/c1-18(16,17)14-8-4-7-13(9-10-14)12(15)11-5-2-3-6-11/h11H,2-10H2,1H3. The number of rotatable bonds is 2. The van der Waals surface area contributed by atoms with Crippen molar-refractivity contribution in [2.24, 2.45) is 5.92 Å². The summed E-state index contributed by atoms with van der Waals surface area (Å²) in [5.74, 6) is 0.428. The Balaban J connectivity index is 1.94. The van der Waals surface area contributed by atoms with Crippen LogP contribution in [-0.4, -0.2) is 56.0 Å². The molecule has 0 spiro atoms. The summed E-state index contributed by atoms with van der Waals surface area (Å²) >= 11 is 0. The SMILES string of the molecule is CS(=O)(=O)N1CCCN(C(=O)C2CCCC2)CC1. The van der Waals surface area contributed by atoms with Gasteiger partial charge in [0, 0.05) is 32.1 Å². The first-order chi connectivity index (χ1) is 8.48. The smallest absolute Gasteiger partial charge is 0.225 e. The molecule has 1 aliphatic heterocycles. The van der Waals surface area contributed by atoms with E-state index >= 15 is 0 Å². The Labute approximate surface area is 109 Å². The van der Waals surface area contributed by atoms with Crippen LogP contribution in [-0.2, 0) is 14.8 Å². The summed E-state index contributed by atoms with van der Waals surface area (Å²) in [6.07, 6.45) is 6.29. The molecule has 2 fully saturated rings. The van der Waals surface area contributed by atoms with Gasteiger partial charge in [0.15, 0.2) is 0 Å². The van der Waals surface area contributed by atoms with Crippen LogP contribution >= 0.6 is 0 Å². The van der Waals surface area contributed by atoms with Crippen LogP contribution in [0.2, 0.25) is 0 Å². The summed E-state index contributed by atoms with van der Waals surface area (Å²) in [7, 11) is -3.12. The first kappa shape index (κ1) is 13.8. The molecule has 0 N–H and O–H groups in total. The minimum Gasteiger partial charge on any atom is -0.341 e. The van der Waals surface area contributed by atoms with E-state index in [2.05, 4.69) is 0 Å². The van der Waals surface area contributed by atoms with Gasteiger partial charge in [-0.2, -0.15) is 0 Å². The Morgan fingerprint density at radius 3 is 2.28 bits per heavy atom. The molecule has 18 heavy (non-hydrogen) atoms. The molecule has 0 atom stereocenters. The van der Waals surface area contributed by atoms with Crippen molar-refractivity contribution in [1.29, 1.82) is 0 Å². The van der Waals surface area contributed by atoms with Gasteiger partial charge in [0.2, 0.25) is 15.9 Å². The van der Waals surface area contributed by atoms with E-state index in [1.54, 1.807) is 0 Å². The summed E-state index contributed by atoms with van der Waals surface area (Å²) in [4.78, 5) is 14.1. The lowest BCUT2D eigenvalue weighted by atomic mass is 10.1. The van der Waals surface area contributed by atoms with Gasteiger partial charge in [-0.1, -0.05) is 12.8 Å². The van der Waals surface area contributed by atoms with E-state index in [9.17, 15) is 13.2 Å². The minimum atomic E-state index is -3.12. The number of sulfonamides is 1. The molecule has 1 saturated heterocycles. The fraction of sp³-hybridized carbons (Fsp3) is 0.917. The molecular formula is C12H22N2O3S. The van der Waals surface area contributed by atoms with Crippen molar-refractivity contribution < 1.29 is 13.2 Å². The number of nitrogens with zero attached hydrogens (tertiary/aromatic N) is 2. The van der Waals surface area contributed by atoms with E-state index in [0.717, 1.165) is 32.1 Å². The lowest BCUT2D eigenvalue weighted by Crippen LogP contribution is -2.39. The summed E-state index contributed by atoms with van der Waals surface area (Å²) in [5.41, 5.74) is 0. The number of carbonyl (C=O) groups is 1. The molecule has 5 nitrogen and oxygen atoms in total. The topological polar surface area (TPSA) is 57.7 Å². The van der Waals surface area contributed by atoms with Gasteiger partial charge < -0.3 is 4.90 Å². The Kier molecular flexibility index (Phi) is 4.27. The molecule has 2 rings (SSSR count). The van der Waals surface area contributed by atoms with Crippen LogP contribution in [0.1, 0.15) is 32.1 Å². The molecule has 1 heterocycles. The van der Waals surface area contributed by atoms with Gasteiger partial charge in [0.25, 0.3) is 0 Å². The third kappa shape index (κ3) is 3.23. The van der Waals surface area contributed by atoms with Crippen molar-refractivity contribution in [3.05, 3.63) is 0 Å². The van der Waals surface area contributed by atoms with Crippen LogP contribution in [0.15, 0.2) is 0 Å². The minimum absolute atomic E-state index is 0.190. The highest BCUT2D eigenvalue weighted by atomic mass is 32.2. The fourth-order valence-electron chi connectivity index (χ4n) is 2.88. The largest absolute Gasteiger partial charge is 0.341 e. The molecule has 104 valence electrons. The second-order valence-electron chi connectivity index (χ2n) is 5.32. The van der Waals surface area contributed by atoms with Gasteiger partial charge >= 0.3 is 0 Å². The molecule has 0 radical (unpaired) electrons. The van der Waals surface area contributed by atoms with Crippen LogP contribution in [0.5, 0.6) is 0 Å². The van der Waals surface area contributed by atoms with Gasteiger partial charge in [0.1, 0.15) is 0 Å². The van der Waals surface area contributed by atoms with E-state index in [4.69, 9.17) is 0 Å². The first-order valence-electron chi connectivity index (χ1n) is 6.72. The molecule has 0 aromatic carbocycles. The molecule has 0 aromatic rings. The van der Waals surface area contributed by atoms with Crippen molar-refractivity contribution in [1.82, 2.24) is 9.21 Å². The average Bonchev–Trinajstić information content (AvgIpc) is 2.70. The molecule has 0 aromatic heterocycles. The molecule has 0 unspecified atom stereocenters. The predicted molar refractivity (Wildman–Crippen MR) is 69.6 cm³/mol. The highest BCUT2D eigenvalue weighted by Crippen LogP contribution is 2.27. The van der Waals surface area contributed by atoms with E-state index in [1.165, 1.54) is 10.6 Å².